The molecule has 1 amide bonds. The van der Waals surface area contributed by atoms with E-state index in [1.165, 1.54) is 41.4 Å². The van der Waals surface area contributed by atoms with E-state index in [0.29, 0.717) is 17.3 Å². The van der Waals surface area contributed by atoms with Crippen LogP contribution in [-0.4, -0.2) is 58.3 Å². The molecule has 0 unspecified atom stereocenters. The van der Waals surface area contributed by atoms with Crippen LogP contribution < -0.4 is 21.5 Å². The Kier molecular flexibility index (Phi) is 6.77. The molecule has 2 fully saturated rings. The molecule has 12 heteroatoms. The second-order valence-corrected chi connectivity index (χ2v) is 8.15. The van der Waals surface area contributed by atoms with Gasteiger partial charge in [-0.15, -0.1) is 0 Å². The van der Waals surface area contributed by atoms with E-state index in [1.807, 2.05) is 0 Å². The van der Waals surface area contributed by atoms with Gasteiger partial charge in [0.25, 0.3) is 17.4 Å². The minimum atomic E-state index is -2.72. The first-order chi connectivity index (χ1) is 16.3. The molecule has 1 aliphatic carbocycles. The highest BCUT2D eigenvalue weighted by Crippen LogP contribution is 2.44. The van der Waals surface area contributed by atoms with E-state index < -0.39 is 17.5 Å². The molecule has 10 nitrogen and oxygen atoms in total. The summed E-state index contributed by atoms with van der Waals surface area (Å²) < 4.78 is 34.1. The average molecular weight is 476 g/mol. The number of alkyl halides is 2. The molecule has 0 aromatic carbocycles. The molecule has 0 atom stereocenters. The van der Waals surface area contributed by atoms with E-state index in [4.69, 9.17) is 4.74 Å². The van der Waals surface area contributed by atoms with Crippen molar-refractivity contribution >= 4 is 28.9 Å². The van der Waals surface area contributed by atoms with Crippen LogP contribution in [0.1, 0.15) is 42.1 Å². The number of anilines is 3. The maximum absolute atomic E-state index is 13.2. The number of carbonyl (C=O) groups excluding carboxylic acids is 1. The number of hydrogen-bond acceptors (Lipinski definition) is 7. The van der Waals surface area contributed by atoms with Gasteiger partial charge in [0.1, 0.15) is 22.9 Å². The summed E-state index contributed by atoms with van der Waals surface area (Å²) in [5, 5.41) is 12.6. The van der Waals surface area contributed by atoms with Crippen LogP contribution in [0, 0.1) is 0 Å². The third-order valence-electron chi connectivity index (χ3n) is 5.73. The van der Waals surface area contributed by atoms with Gasteiger partial charge in [0.15, 0.2) is 5.65 Å². The van der Waals surface area contributed by atoms with Crippen molar-refractivity contribution in [3.8, 4) is 0 Å². The fourth-order valence-electron chi connectivity index (χ4n) is 3.87. The number of ether oxygens (including phenoxy) is 1. The molecule has 3 aromatic rings. The minimum absolute atomic E-state index is 0.197. The number of hydrogen-bond donors (Lipinski definition) is 3. The van der Waals surface area contributed by atoms with Crippen molar-refractivity contribution in [1.82, 2.24) is 24.5 Å². The first kappa shape index (κ1) is 23.6. The van der Waals surface area contributed by atoms with Gasteiger partial charge in [0.05, 0.1) is 6.20 Å². The summed E-state index contributed by atoms with van der Waals surface area (Å²) in [6.07, 6.45) is 4.76. The molecule has 1 saturated heterocycles. The number of aromatic nitrogens is 4. The first-order valence-electron chi connectivity index (χ1n) is 11.1. The van der Waals surface area contributed by atoms with Crippen molar-refractivity contribution in [3.05, 3.63) is 46.5 Å². The summed E-state index contributed by atoms with van der Waals surface area (Å²) in [5.74, 6) is -2.22. The third kappa shape index (κ3) is 4.86. The Balaban J connectivity index is 0.000000486. The van der Waals surface area contributed by atoms with Gasteiger partial charge in [-0.05, 0) is 25.0 Å². The number of nitrogens with zero attached hydrogens (tertiary/aromatic N) is 4. The predicted molar refractivity (Wildman–Crippen MR) is 123 cm³/mol. The van der Waals surface area contributed by atoms with Gasteiger partial charge in [-0.3, -0.25) is 9.59 Å². The molecule has 1 aliphatic heterocycles. The van der Waals surface area contributed by atoms with E-state index in [-0.39, 0.29) is 30.0 Å². The molecular weight excluding hydrogens is 448 g/mol. The number of pyridine rings is 1. The van der Waals surface area contributed by atoms with Crippen molar-refractivity contribution in [2.45, 2.75) is 37.6 Å². The lowest BCUT2D eigenvalue weighted by Gasteiger charge is -2.36. The molecule has 182 valence electrons. The Labute approximate surface area is 194 Å². The fourth-order valence-corrected chi connectivity index (χ4v) is 3.87. The molecule has 1 saturated carbocycles. The van der Waals surface area contributed by atoms with Crippen molar-refractivity contribution in [3.63, 3.8) is 0 Å². The van der Waals surface area contributed by atoms with Crippen molar-refractivity contribution in [1.29, 1.82) is 0 Å². The van der Waals surface area contributed by atoms with E-state index in [0.717, 1.165) is 13.2 Å². The highest BCUT2D eigenvalue weighted by Gasteiger charge is 2.46. The first-order valence-corrected chi connectivity index (χ1v) is 11.1. The topological polar surface area (TPSA) is 115 Å². The molecule has 0 radical (unpaired) electrons. The number of nitrogens with one attached hydrogen (secondary N) is 3. The van der Waals surface area contributed by atoms with Crippen LogP contribution >= 0.6 is 0 Å². The zero-order valence-electron chi connectivity index (χ0n) is 19.0. The summed E-state index contributed by atoms with van der Waals surface area (Å²) >= 11 is 0. The van der Waals surface area contributed by atoms with E-state index in [1.54, 1.807) is 25.2 Å². The van der Waals surface area contributed by atoms with Crippen LogP contribution in [0.25, 0.3) is 5.65 Å². The fraction of sp³-hybridized carbons (Fsp3) is 0.455. The second-order valence-electron chi connectivity index (χ2n) is 8.15. The molecule has 3 N–H and O–H groups in total. The summed E-state index contributed by atoms with van der Waals surface area (Å²) in [7, 11) is 3.19. The van der Waals surface area contributed by atoms with Crippen LogP contribution in [0.15, 0.2) is 35.4 Å². The minimum Gasteiger partial charge on any atom is -0.381 e. The van der Waals surface area contributed by atoms with Gasteiger partial charge in [-0.25, -0.2) is 13.8 Å². The van der Waals surface area contributed by atoms with E-state index >= 15 is 0 Å². The molecule has 3 aromatic heterocycles. The summed E-state index contributed by atoms with van der Waals surface area (Å²) in [6.45, 7) is 2.00. The summed E-state index contributed by atoms with van der Waals surface area (Å²) in [6, 6.07) is 4.27. The monoisotopic (exact) mass is 475 g/mol. The van der Waals surface area contributed by atoms with Crippen LogP contribution in [0.2, 0.25) is 0 Å². The van der Waals surface area contributed by atoms with Crippen LogP contribution in [-0.2, 0) is 4.74 Å². The Morgan fingerprint density at radius 2 is 1.97 bits per heavy atom. The van der Waals surface area contributed by atoms with Crippen LogP contribution in [0.3, 0.4) is 0 Å². The van der Waals surface area contributed by atoms with Crippen LogP contribution in [0.4, 0.5) is 26.1 Å². The SMILES string of the molecule is C1CCOC1.CNC(=O)c1cnn2c(NC)cc(Nc3cccn(C4CC(F)(F)C4)c3=O)nc12. The lowest BCUT2D eigenvalue weighted by Crippen LogP contribution is -2.41. The Morgan fingerprint density at radius 1 is 1.24 bits per heavy atom. The molecule has 2 aliphatic rings. The maximum atomic E-state index is 13.2. The smallest absolute Gasteiger partial charge is 0.274 e. The van der Waals surface area contributed by atoms with Crippen molar-refractivity contribution in [2.24, 2.45) is 0 Å². The number of amides is 1. The Bertz CT molecular complexity index is 1220. The Hall–Kier alpha value is -3.54. The van der Waals surface area contributed by atoms with Gasteiger partial charge in [-0.1, -0.05) is 0 Å². The highest BCUT2D eigenvalue weighted by atomic mass is 19.3. The Morgan fingerprint density at radius 3 is 2.56 bits per heavy atom. The lowest BCUT2D eigenvalue weighted by atomic mass is 9.88. The van der Waals surface area contributed by atoms with Gasteiger partial charge in [0, 0.05) is 58.5 Å². The average Bonchev–Trinajstić information content (AvgIpc) is 3.51. The number of rotatable bonds is 5. The van der Waals surface area contributed by atoms with Gasteiger partial charge in [0.2, 0.25) is 0 Å². The van der Waals surface area contributed by atoms with Crippen molar-refractivity contribution < 1.29 is 18.3 Å². The normalized spacial score (nSPS) is 16.9. The quantitative estimate of drug-likeness (QED) is 0.520. The maximum Gasteiger partial charge on any atom is 0.274 e. The van der Waals surface area contributed by atoms with Crippen molar-refractivity contribution in [2.75, 3.05) is 37.9 Å². The van der Waals surface area contributed by atoms with Gasteiger partial charge in [-0.2, -0.15) is 9.61 Å². The molecule has 0 bridgehead atoms. The number of carbonyl (C=O) groups is 1. The second kappa shape index (κ2) is 9.75. The van der Waals surface area contributed by atoms with Crippen LogP contribution in [0.5, 0.6) is 0 Å². The molecule has 5 rings (SSSR count). The molecule has 34 heavy (non-hydrogen) atoms. The summed E-state index contributed by atoms with van der Waals surface area (Å²) in [5.41, 5.74) is 0.353. The lowest BCUT2D eigenvalue weighted by molar-refractivity contribution is -0.104. The van der Waals surface area contributed by atoms with E-state index in [2.05, 4.69) is 26.0 Å². The standard InChI is InChI=1S/C18H19F2N7O2.C4H8O/c1-21-14-6-13(25-15-11(16(28)22-2)9-23-27(14)15)24-12-4-3-5-26(17(12)29)10-7-18(19,20)8-10;1-2-4-5-3-1/h3-6,9-10,21H,7-8H2,1-2H3,(H,22,28)(H,24,25);1-4H2. The number of fused-ring (bicyclic) bond motifs is 1. The zero-order valence-corrected chi connectivity index (χ0v) is 19.0. The molecular formula is C22H27F2N7O3. The predicted octanol–water partition coefficient (Wildman–Crippen LogP) is 2.80. The third-order valence-corrected chi connectivity index (χ3v) is 5.73. The van der Waals surface area contributed by atoms with E-state index in [9.17, 15) is 18.4 Å². The van der Waals surface area contributed by atoms with Gasteiger partial charge < -0.3 is 25.3 Å². The zero-order chi connectivity index (χ0) is 24.3. The highest BCUT2D eigenvalue weighted by molar-refractivity contribution is 5.99. The molecule has 0 spiro atoms. The number of halogens is 2. The largest absolute Gasteiger partial charge is 0.381 e. The summed E-state index contributed by atoms with van der Waals surface area (Å²) in [4.78, 5) is 29.2. The molecule has 4 heterocycles. The van der Waals surface area contributed by atoms with Gasteiger partial charge >= 0.3 is 0 Å².